The molecule has 3 N–H and O–H groups in total. The van der Waals surface area contributed by atoms with E-state index in [9.17, 15) is 0 Å². The predicted octanol–water partition coefficient (Wildman–Crippen LogP) is 1.79. The monoisotopic (exact) mass is 239 g/mol. The Hall–Kier alpha value is -0.770. The van der Waals surface area contributed by atoms with Gasteiger partial charge in [-0.1, -0.05) is 25.7 Å². The van der Waals surface area contributed by atoms with Crippen LogP contribution in [-0.4, -0.2) is 31.3 Å². The van der Waals surface area contributed by atoms with Gasteiger partial charge >= 0.3 is 0 Å². The largest absolute Gasteiger partial charge is 0.376 e. The summed E-state index contributed by atoms with van der Waals surface area (Å²) in [6, 6.07) is 0.533. The minimum atomic E-state index is 0.296. The Labute approximate surface area is 104 Å². The molecule has 17 heavy (non-hydrogen) atoms. The first kappa shape index (κ1) is 12.7. The van der Waals surface area contributed by atoms with Gasteiger partial charge in [0.05, 0.1) is 12.6 Å². The lowest BCUT2D eigenvalue weighted by molar-refractivity contribution is 0.117. The molecule has 0 unspecified atom stereocenters. The topological polar surface area (TPSA) is 59.6 Å². The lowest BCUT2D eigenvalue weighted by atomic mass is 10.1. The molecule has 0 bridgehead atoms. The van der Waals surface area contributed by atoms with Gasteiger partial charge in [-0.15, -0.1) is 0 Å². The summed E-state index contributed by atoms with van der Waals surface area (Å²) in [5.74, 6) is 0.604. The van der Waals surface area contributed by atoms with Crippen molar-refractivity contribution in [3.63, 3.8) is 0 Å². The summed E-state index contributed by atoms with van der Waals surface area (Å²) in [4.78, 5) is 4.39. The van der Waals surface area contributed by atoms with E-state index in [0.29, 0.717) is 24.7 Å². The van der Waals surface area contributed by atoms with Crippen molar-refractivity contribution in [1.29, 1.82) is 0 Å². The number of aliphatic imine (C=N–C) groups is 1. The minimum Gasteiger partial charge on any atom is -0.376 e. The van der Waals surface area contributed by atoms with Gasteiger partial charge in [-0.05, 0) is 25.7 Å². The quantitative estimate of drug-likeness (QED) is 0.448. The molecule has 1 saturated carbocycles. The predicted molar refractivity (Wildman–Crippen MR) is 70.1 cm³/mol. The van der Waals surface area contributed by atoms with Gasteiger partial charge in [0, 0.05) is 12.6 Å². The molecule has 2 rings (SSSR count). The van der Waals surface area contributed by atoms with Gasteiger partial charge in [0.1, 0.15) is 0 Å². The number of nitrogens with two attached hydrogens (primary N) is 1. The molecule has 0 spiro atoms. The maximum Gasteiger partial charge on any atom is 0.188 e. The highest BCUT2D eigenvalue weighted by atomic mass is 16.5. The van der Waals surface area contributed by atoms with Crippen molar-refractivity contribution in [2.24, 2.45) is 10.7 Å². The summed E-state index contributed by atoms with van der Waals surface area (Å²) in [5.41, 5.74) is 5.92. The lowest BCUT2D eigenvalue weighted by Crippen LogP contribution is -2.40. The third kappa shape index (κ3) is 4.54. The van der Waals surface area contributed by atoms with Gasteiger partial charge < -0.3 is 15.8 Å². The van der Waals surface area contributed by atoms with Crippen molar-refractivity contribution in [1.82, 2.24) is 5.32 Å². The molecule has 4 nitrogen and oxygen atoms in total. The maximum atomic E-state index is 5.92. The molecule has 0 amide bonds. The lowest BCUT2D eigenvalue weighted by Gasteiger charge is -2.17. The molecule has 4 heteroatoms. The third-order valence-electron chi connectivity index (χ3n) is 3.70. The Morgan fingerprint density at radius 3 is 2.53 bits per heavy atom. The zero-order valence-electron chi connectivity index (χ0n) is 10.7. The maximum absolute atomic E-state index is 5.92. The van der Waals surface area contributed by atoms with Crippen LogP contribution in [0.25, 0.3) is 0 Å². The van der Waals surface area contributed by atoms with E-state index in [1.54, 1.807) is 0 Å². The highest BCUT2D eigenvalue weighted by Crippen LogP contribution is 2.17. The molecule has 0 aromatic carbocycles. The SMILES string of the molecule is NC(=NC[C@H]1CCCO1)NC1CCCCCC1. The molecule has 2 fully saturated rings. The van der Waals surface area contributed by atoms with Gasteiger partial charge in [0.2, 0.25) is 0 Å². The molecule has 2 aliphatic rings. The fourth-order valence-electron chi connectivity index (χ4n) is 2.67. The first-order chi connectivity index (χ1) is 8.34. The van der Waals surface area contributed by atoms with Crippen LogP contribution >= 0.6 is 0 Å². The number of guanidine groups is 1. The summed E-state index contributed by atoms with van der Waals surface area (Å²) in [6.45, 7) is 1.60. The number of ether oxygens (including phenoxy) is 1. The van der Waals surface area contributed by atoms with Crippen LogP contribution in [0.2, 0.25) is 0 Å². The molecule has 1 aliphatic carbocycles. The summed E-state index contributed by atoms with van der Waals surface area (Å²) in [7, 11) is 0. The summed E-state index contributed by atoms with van der Waals surface area (Å²) >= 11 is 0. The number of nitrogens with one attached hydrogen (secondary N) is 1. The van der Waals surface area contributed by atoms with Gasteiger partial charge in [0.15, 0.2) is 5.96 Å². The van der Waals surface area contributed by atoms with Crippen LogP contribution in [-0.2, 0) is 4.74 Å². The van der Waals surface area contributed by atoms with E-state index in [4.69, 9.17) is 10.5 Å². The van der Waals surface area contributed by atoms with Gasteiger partial charge in [-0.3, -0.25) is 4.99 Å². The molecule has 0 aromatic rings. The van der Waals surface area contributed by atoms with E-state index in [1.807, 2.05) is 0 Å². The molecule has 1 saturated heterocycles. The molecule has 0 aromatic heterocycles. The second-order valence-electron chi connectivity index (χ2n) is 5.19. The van der Waals surface area contributed by atoms with Crippen LogP contribution in [0.1, 0.15) is 51.4 Å². The Balaban J connectivity index is 1.70. The number of rotatable bonds is 3. The fourth-order valence-corrected chi connectivity index (χ4v) is 2.67. The molecule has 1 atom stereocenters. The molecule has 1 heterocycles. The fraction of sp³-hybridized carbons (Fsp3) is 0.923. The van der Waals surface area contributed by atoms with Gasteiger partial charge in [-0.2, -0.15) is 0 Å². The van der Waals surface area contributed by atoms with Crippen LogP contribution in [0.15, 0.2) is 4.99 Å². The second kappa shape index (κ2) is 6.84. The second-order valence-corrected chi connectivity index (χ2v) is 5.19. The zero-order valence-corrected chi connectivity index (χ0v) is 10.7. The summed E-state index contributed by atoms with van der Waals surface area (Å²) in [6.07, 6.45) is 10.4. The highest BCUT2D eigenvalue weighted by molar-refractivity contribution is 5.78. The van der Waals surface area contributed by atoms with Gasteiger partial charge in [0.25, 0.3) is 0 Å². The average Bonchev–Trinajstić information content (AvgIpc) is 2.72. The van der Waals surface area contributed by atoms with E-state index < -0.39 is 0 Å². The Morgan fingerprint density at radius 2 is 1.88 bits per heavy atom. The summed E-state index contributed by atoms with van der Waals surface area (Å²) in [5, 5.41) is 3.35. The molecular formula is C13H25N3O. The highest BCUT2D eigenvalue weighted by Gasteiger charge is 2.15. The molecular weight excluding hydrogens is 214 g/mol. The number of nitrogens with zero attached hydrogens (tertiary/aromatic N) is 1. The first-order valence-corrected chi connectivity index (χ1v) is 7.02. The van der Waals surface area contributed by atoms with E-state index in [0.717, 1.165) is 19.4 Å². The van der Waals surface area contributed by atoms with Crippen LogP contribution in [0.3, 0.4) is 0 Å². The standard InChI is InChI=1S/C13H25N3O/c14-13(15-10-12-8-5-9-17-12)16-11-6-3-1-2-4-7-11/h11-12H,1-10H2,(H3,14,15,16)/t12-/m1/s1. The Morgan fingerprint density at radius 1 is 1.12 bits per heavy atom. The Kier molecular flexibility index (Phi) is 5.10. The van der Waals surface area contributed by atoms with Crippen LogP contribution < -0.4 is 11.1 Å². The summed E-state index contributed by atoms with van der Waals surface area (Å²) < 4.78 is 5.52. The van der Waals surface area contributed by atoms with Crippen molar-refractivity contribution in [3.8, 4) is 0 Å². The van der Waals surface area contributed by atoms with Crippen molar-refractivity contribution >= 4 is 5.96 Å². The normalized spacial score (nSPS) is 28.0. The van der Waals surface area contributed by atoms with Crippen molar-refractivity contribution in [3.05, 3.63) is 0 Å². The van der Waals surface area contributed by atoms with Crippen LogP contribution in [0.4, 0.5) is 0 Å². The van der Waals surface area contributed by atoms with E-state index in [2.05, 4.69) is 10.3 Å². The van der Waals surface area contributed by atoms with E-state index >= 15 is 0 Å². The molecule has 0 radical (unpaired) electrons. The van der Waals surface area contributed by atoms with Crippen LogP contribution in [0.5, 0.6) is 0 Å². The smallest absolute Gasteiger partial charge is 0.188 e. The minimum absolute atomic E-state index is 0.296. The average molecular weight is 239 g/mol. The van der Waals surface area contributed by atoms with Crippen molar-refractivity contribution in [2.75, 3.05) is 13.2 Å². The number of hydrogen-bond acceptors (Lipinski definition) is 2. The van der Waals surface area contributed by atoms with Crippen LogP contribution in [0, 0.1) is 0 Å². The van der Waals surface area contributed by atoms with Gasteiger partial charge in [-0.25, -0.2) is 0 Å². The number of hydrogen-bond donors (Lipinski definition) is 2. The zero-order chi connectivity index (χ0) is 11.9. The first-order valence-electron chi connectivity index (χ1n) is 7.02. The molecule has 98 valence electrons. The van der Waals surface area contributed by atoms with Crippen molar-refractivity contribution < 1.29 is 4.74 Å². The molecule has 1 aliphatic heterocycles. The van der Waals surface area contributed by atoms with E-state index in [1.165, 1.54) is 38.5 Å². The Bertz CT molecular complexity index is 241. The third-order valence-corrected chi connectivity index (χ3v) is 3.70. The van der Waals surface area contributed by atoms with Crippen molar-refractivity contribution in [2.45, 2.75) is 63.5 Å². The van der Waals surface area contributed by atoms with E-state index in [-0.39, 0.29) is 0 Å².